The zero-order valence-corrected chi connectivity index (χ0v) is 17.3. The van der Waals surface area contributed by atoms with Gasteiger partial charge >= 0.3 is 0 Å². The lowest BCUT2D eigenvalue weighted by Gasteiger charge is -2.32. The Morgan fingerprint density at radius 1 is 1.00 bits per heavy atom. The minimum Gasteiger partial charge on any atom is -0.368 e. The van der Waals surface area contributed by atoms with Gasteiger partial charge in [-0.05, 0) is 38.4 Å². The normalized spacial score (nSPS) is 23.9. The zero-order valence-electron chi connectivity index (χ0n) is 17.3. The van der Waals surface area contributed by atoms with Gasteiger partial charge in [-0.2, -0.15) is 0 Å². The molecular weight excluding hydrogens is 370 g/mol. The molecule has 3 aliphatic heterocycles. The van der Waals surface area contributed by atoms with E-state index in [-0.39, 0.29) is 17.9 Å². The highest BCUT2D eigenvalue weighted by atomic mass is 16.5. The summed E-state index contributed by atoms with van der Waals surface area (Å²) in [5.74, 6) is 1.01. The molecule has 0 bridgehead atoms. The van der Waals surface area contributed by atoms with E-state index in [1.54, 1.807) is 12.3 Å². The Morgan fingerprint density at radius 3 is 2.55 bits per heavy atom. The Bertz CT molecular complexity index is 729. The van der Waals surface area contributed by atoms with Crippen molar-refractivity contribution < 1.29 is 14.3 Å². The zero-order chi connectivity index (χ0) is 20.2. The van der Waals surface area contributed by atoms with Crippen molar-refractivity contribution in [2.24, 2.45) is 0 Å². The van der Waals surface area contributed by atoms with Crippen LogP contribution in [0.4, 0.5) is 5.82 Å². The summed E-state index contributed by atoms with van der Waals surface area (Å²) in [4.78, 5) is 38.3. The quantitative estimate of drug-likeness (QED) is 0.742. The molecule has 29 heavy (non-hydrogen) atoms. The van der Waals surface area contributed by atoms with Gasteiger partial charge in [0.25, 0.3) is 11.8 Å². The molecule has 1 unspecified atom stereocenters. The summed E-state index contributed by atoms with van der Waals surface area (Å²) in [6, 6.07) is 3.70. The van der Waals surface area contributed by atoms with E-state index < -0.39 is 0 Å². The van der Waals surface area contributed by atoms with Crippen LogP contribution in [0.1, 0.15) is 29.6 Å². The Labute approximate surface area is 172 Å². The van der Waals surface area contributed by atoms with Gasteiger partial charge in [-0.1, -0.05) is 0 Å². The third-order valence-electron chi connectivity index (χ3n) is 6.12. The van der Waals surface area contributed by atoms with Crippen molar-refractivity contribution in [3.63, 3.8) is 0 Å². The van der Waals surface area contributed by atoms with Crippen LogP contribution in [-0.4, -0.2) is 104 Å². The van der Waals surface area contributed by atoms with E-state index in [1.807, 2.05) is 15.9 Å². The lowest BCUT2D eigenvalue weighted by Crippen LogP contribution is -2.47. The van der Waals surface area contributed by atoms with Crippen molar-refractivity contribution in [1.29, 1.82) is 0 Å². The maximum Gasteiger partial charge on any atom is 0.254 e. The van der Waals surface area contributed by atoms with Crippen LogP contribution >= 0.6 is 0 Å². The van der Waals surface area contributed by atoms with Crippen molar-refractivity contribution in [3.8, 4) is 0 Å². The lowest BCUT2D eigenvalue weighted by molar-refractivity contribution is -0.140. The molecule has 8 heteroatoms. The number of pyridine rings is 1. The van der Waals surface area contributed by atoms with Crippen LogP contribution in [-0.2, 0) is 9.53 Å². The number of hydrogen-bond donors (Lipinski definition) is 0. The largest absolute Gasteiger partial charge is 0.368 e. The molecule has 1 aromatic rings. The molecule has 1 atom stereocenters. The predicted octanol–water partition coefficient (Wildman–Crippen LogP) is 0.687. The molecule has 4 heterocycles. The average molecular weight is 402 g/mol. The predicted molar refractivity (Wildman–Crippen MR) is 110 cm³/mol. The van der Waals surface area contributed by atoms with Gasteiger partial charge < -0.3 is 24.3 Å². The maximum absolute atomic E-state index is 12.9. The molecule has 158 valence electrons. The summed E-state index contributed by atoms with van der Waals surface area (Å²) in [5.41, 5.74) is 0.691. The molecule has 0 aliphatic carbocycles. The molecule has 8 nitrogen and oxygen atoms in total. The van der Waals surface area contributed by atoms with Gasteiger partial charge in [-0.25, -0.2) is 4.98 Å². The number of likely N-dealkylation sites (N-methyl/N-ethyl adjacent to an activating group) is 1. The monoisotopic (exact) mass is 401 g/mol. The third kappa shape index (κ3) is 4.70. The number of aromatic nitrogens is 1. The second-order valence-electron chi connectivity index (χ2n) is 8.17. The summed E-state index contributed by atoms with van der Waals surface area (Å²) in [6.45, 7) is 6.98. The number of hydrogen-bond acceptors (Lipinski definition) is 6. The van der Waals surface area contributed by atoms with Crippen LogP contribution in [0.2, 0.25) is 0 Å². The van der Waals surface area contributed by atoms with Crippen LogP contribution in [0.15, 0.2) is 18.3 Å². The van der Waals surface area contributed by atoms with Gasteiger partial charge in [-0.3, -0.25) is 9.59 Å². The van der Waals surface area contributed by atoms with E-state index in [9.17, 15) is 9.59 Å². The van der Waals surface area contributed by atoms with Crippen molar-refractivity contribution in [3.05, 3.63) is 23.9 Å². The van der Waals surface area contributed by atoms with Crippen molar-refractivity contribution in [2.75, 3.05) is 70.9 Å². The second kappa shape index (κ2) is 9.09. The molecule has 0 aromatic carbocycles. The summed E-state index contributed by atoms with van der Waals surface area (Å²) < 4.78 is 5.56. The first-order chi connectivity index (χ1) is 14.1. The molecule has 3 fully saturated rings. The Kier molecular flexibility index (Phi) is 6.30. The smallest absolute Gasteiger partial charge is 0.254 e. The van der Waals surface area contributed by atoms with Gasteiger partial charge in [0.15, 0.2) is 0 Å². The van der Waals surface area contributed by atoms with Crippen LogP contribution < -0.4 is 4.90 Å². The first-order valence-corrected chi connectivity index (χ1v) is 10.7. The minimum absolute atomic E-state index is 0.0757. The van der Waals surface area contributed by atoms with E-state index in [2.05, 4.69) is 21.8 Å². The summed E-state index contributed by atoms with van der Waals surface area (Å²) in [7, 11) is 2.08. The molecule has 0 radical (unpaired) electrons. The van der Waals surface area contributed by atoms with E-state index in [0.29, 0.717) is 18.7 Å². The second-order valence-corrected chi connectivity index (χ2v) is 8.17. The number of ether oxygens (including phenoxy) is 1. The minimum atomic E-state index is -0.260. The highest BCUT2D eigenvalue weighted by Gasteiger charge is 2.29. The number of rotatable bonds is 3. The first-order valence-electron chi connectivity index (χ1n) is 10.7. The molecule has 0 saturated carbocycles. The summed E-state index contributed by atoms with van der Waals surface area (Å²) in [6.07, 6.45) is 4.14. The van der Waals surface area contributed by atoms with Crippen LogP contribution in [0.3, 0.4) is 0 Å². The molecule has 1 aromatic heterocycles. The fourth-order valence-corrected chi connectivity index (χ4v) is 4.26. The number of carbonyl (C=O) groups excluding carboxylic acids is 2. The third-order valence-corrected chi connectivity index (χ3v) is 6.12. The van der Waals surface area contributed by atoms with Gasteiger partial charge in [-0.15, -0.1) is 0 Å². The number of piperazine rings is 1. The molecular formula is C21H31N5O3. The van der Waals surface area contributed by atoms with Crippen LogP contribution in [0.5, 0.6) is 0 Å². The van der Waals surface area contributed by atoms with Gasteiger partial charge in [0.2, 0.25) is 0 Å². The summed E-state index contributed by atoms with van der Waals surface area (Å²) >= 11 is 0. The molecule has 0 N–H and O–H groups in total. The lowest BCUT2D eigenvalue weighted by atomic mass is 10.2. The highest BCUT2D eigenvalue weighted by molar-refractivity contribution is 5.95. The van der Waals surface area contributed by atoms with E-state index in [4.69, 9.17) is 4.74 Å². The Balaban J connectivity index is 1.39. The Morgan fingerprint density at radius 2 is 1.79 bits per heavy atom. The number of nitrogens with zero attached hydrogens (tertiary/aromatic N) is 5. The van der Waals surface area contributed by atoms with E-state index >= 15 is 0 Å². The molecule has 3 aliphatic rings. The molecule has 4 rings (SSSR count). The average Bonchev–Trinajstić information content (AvgIpc) is 3.18. The highest BCUT2D eigenvalue weighted by Crippen LogP contribution is 2.19. The maximum atomic E-state index is 12.9. The standard InChI is InChI=1S/C21H31N5O3/c1-23-9-11-26(12-10-23)20(27)17-5-6-22-19(16-17)24-7-3-8-25(14-13-24)21(28)18-4-2-15-29-18/h5-6,16,18H,2-4,7-15H2,1H3. The molecule has 0 spiro atoms. The first kappa shape index (κ1) is 20.1. The topological polar surface area (TPSA) is 69.2 Å². The van der Waals surface area contributed by atoms with Crippen molar-refractivity contribution in [2.45, 2.75) is 25.4 Å². The SMILES string of the molecule is CN1CCN(C(=O)c2ccnc(N3CCCN(C(=O)C4CCCO4)CC3)c2)CC1. The van der Waals surface area contributed by atoms with E-state index in [0.717, 1.165) is 70.9 Å². The number of anilines is 1. The summed E-state index contributed by atoms with van der Waals surface area (Å²) in [5, 5.41) is 0. The van der Waals surface area contributed by atoms with Crippen LogP contribution in [0, 0.1) is 0 Å². The Hall–Kier alpha value is -2.19. The van der Waals surface area contributed by atoms with Crippen molar-refractivity contribution in [1.82, 2.24) is 19.7 Å². The fourth-order valence-electron chi connectivity index (χ4n) is 4.26. The van der Waals surface area contributed by atoms with Gasteiger partial charge in [0, 0.05) is 70.7 Å². The van der Waals surface area contributed by atoms with Crippen molar-refractivity contribution >= 4 is 17.6 Å². The molecule has 2 amide bonds. The van der Waals surface area contributed by atoms with Gasteiger partial charge in [0.1, 0.15) is 11.9 Å². The van der Waals surface area contributed by atoms with E-state index in [1.165, 1.54) is 0 Å². The molecule has 3 saturated heterocycles. The number of amides is 2. The van der Waals surface area contributed by atoms with Gasteiger partial charge in [0.05, 0.1) is 0 Å². The number of carbonyl (C=O) groups is 2. The fraction of sp³-hybridized carbons (Fsp3) is 0.667. The van der Waals surface area contributed by atoms with Crippen LogP contribution in [0.25, 0.3) is 0 Å².